The lowest BCUT2D eigenvalue weighted by Gasteiger charge is -1.96. The zero-order valence-corrected chi connectivity index (χ0v) is 10.9. The van der Waals surface area contributed by atoms with Crippen LogP contribution in [0.25, 0.3) is 0 Å². The Hall–Kier alpha value is 0.650. The number of alkyl halides is 1. The topological polar surface area (TPSA) is 34.1 Å². The van der Waals surface area contributed by atoms with Crippen LogP contribution in [-0.4, -0.2) is 13.1 Å². The van der Waals surface area contributed by atoms with Gasteiger partial charge in [-0.15, -0.1) is 0 Å². The molecule has 12 heavy (non-hydrogen) atoms. The molecule has 0 aromatic rings. The van der Waals surface area contributed by atoms with Crippen molar-refractivity contribution < 1.29 is 8.42 Å². The molecular weight excluding hydrogens is 308 g/mol. The number of hydrogen-bond acceptors (Lipinski definition) is 2. The highest BCUT2D eigenvalue weighted by molar-refractivity contribution is 9.12. The molecule has 0 saturated carbocycles. The van der Waals surface area contributed by atoms with E-state index in [-0.39, 0.29) is 4.66 Å². The Kier molecular flexibility index (Phi) is 6.49. The van der Waals surface area contributed by atoms with Gasteiger partial charge in [-0.1, -0.05) is 45.2 Å². The van der Waals surface area contributed by atoms with Gasteiger partial charge in [0.2, 0.25) is 0 Å². The molecule has 0 unspecified atom stereocenters. The minimum Gasteiger partial charge on any atom is -0.223 e. The molecule has 0 N–H and O–H groups in total. The molecule has 0 atom stereocenters. The maximum Gasteiger partial charge on any atom is 0.182 e. The average Bonchev–Trinajstić information content (AvgIpc) is 2.00. The van der Waals surface area contributed by atoms with E-state index < -0.39 is 9.84 Å². The molecule has 72 valence electrons. The number of rotatable bonds is 5. The van der Waals surface area contributed by atoms with Crippen molar-refractivity contribution in [2.75, 3.05) is 4.66 Å². The Labute approximate surface area is 90.6 Å². The molecule has 5 heteroatoms. The molecule has 0 rings (SSSR count). The van der Waals surface area contributed by atoms with Gasteiger partial charge in [-0.2, -0.15) is 0 Å². The van der Waals surface area contributed by atoms with Gasteiger partial charge in [-0.05, 0) is 12.8 Å². The van der Waals surface area contributed by atoms with Gasteiger partial charge < -0.3 is 0 Å². The predicted octanol–water partition coefficient (Wildman–Crippen LogP) is 3.18. The highest BCUT2D eigenvalue weighted by Crippen LogP contribution is 2.16. The molecule has 0 aliphatic carbocycles. The summed E-state index contributed by atoms with van der Waals surface area (Å²) in [5.41, 5.74) is 0. The zero-order valence-electron chi connectivity index (χ0n) is 6.89. The Bertz CT molecular complexity index is 244. The number of halogens is 2. The molecule has 0 aliphatic rings. The van der Waals surface area contributed by atoms with Gasteiger partial charge in [0.05, 0.1) is 0 Å². The molecule has 0 saturated heterocycles. The second-order valence-corrected chi connectivity index (χ2v) is 6.61. The molecule has 0 aromatic heterocycles. The van der Waals surface area contributed by atoms with Crippen molar-refractivity contribution in [3.8, 4) is 0 Å². The summed E-state index contributed by atoms with van der Waals surface area (Å²) in [6.45, 7) is 2.07. The van der Waals surface area contributed by atoms with Gasteiger partial charge in [0.25, 0.3) is 0 Å². The molecule has 0 bridgehead atoms. The number of sulfone groups is 1. The van der Waals surface area contributed by atoms with Gasteiger partial charge in [0.15, 0.2) is 9.84 Å². The monoisotopic (exact) mass is 318 g/mol. The van der Waals surface area contributed by atoms with Crippen LogP contribution in [0.1, 0.15) is 26.2 Å². The third-order valence-electron chi connectivity index (χ3n) is 1.23. The molecule has 0 heterocycles. The van der Waals surface area contributed by atoms with Crippen molar-refractivity contribution in [3.63, 3.8) is 0 Å². The highest BCUT2D eigenvalue weighted by atomic mass is 79.9. The van der Waals surface area contributed by atoms with E-state index in [9.17, 15) is 8.42 Å². The van der Waals surface area contributed by atoms with Gasteiger partial charge in [-0.3, -0.25) is 0 Å². The van der Waals surface area contributed by atoms with Crippen LogP contribution in [0.4, 0.5) is 0 Å². The van der Waals surface area contributed by atoms with Crippen LogP contribution in [0.3, 0.4) is 0 Å². The van der Waals surface area contributed by atoms with Gasteiger partial charge in [0.1, 0.15) is 4.66 Å². The summed E-state index contributed by atoms with van der Waals surface area (Å²) < 4.78 is 22.8. The molecule has 2 nitrogen and oxygen atoms in total. The summed E-state index contributed by atoms with van der Waals surface area (Å²) in [6, 6.07) is 0. The summed E-state index contributed by atoms with van der Waals surface area (Å²) in [5, 5.41) is 1.28. The van der Waals surface area contributed by atoms with E-state index in [4.69, 9.17) is 0 Å². The second-order valence-electron chi connectivity index (χ2n) is 2.44. The summed E-state index contributed by atoms with van der Waals surface area (Å²) >= 11 is 6.13. The van der Waals surface area contributed by atoms with Gasteiger partial charge in [0, 0.05) is 9.89 Å². The maximum absolute atomic E-state index is 11.0. The lowest BCUT2D eigenvalue weighted by atomic mass is 10.2. The molecule has 0 radical (unpaired) electrons. The van der Waals surface area contributed by atoms with Crippen LogP contribution in [0.15, 0.2) is 9.89 Å². The van der Waals surface area contributed by atoms with Crippen molar-refractivity contribution in [2.45, 2.75) is 26.2 Å². The number of hydrogen-bond donors (Lipinski definition) is 0. The Morgan fingerprint density at radius 3 is 2.50 bits per heavy atom. The first-order valence-electron chi connectivity index (χ1n) is 3.66. The molecule has 0 aromatic carbocycles. The van der Waals surface area contributed by atoms with Crippen LogP contribution in [0.2, 0.25) is 0 Å². The van der Waals surface area contributed by atoms with Gasteiger partial charge >= 0.3 is 0 Å². The minimum absolute atomic E-state index is 0.0127. The van der Waals surface area contributed by atoms with Crippen molar-refractivity contribution in [1.29, 1.82) is 0 Å². The number of allylic oxidation sites excluding steroid dienone is 1. The van der Waals surface area contributed by atoms with Crippen LogP contribution in [0, 0.1) is 0 Å². The van der Waals surface area contributed by atoms with Crippen molar-refractivity contribution in [1.82, 2.24) is 0 Å². The fraction of sp³-hybridized carbons (Fsp3) is 0.714. The smallest absolute Gasteiger partial charge is 0.182 e. The quantitative estimate of drug-likeness (QED) is 0.729. The number of unbranched alkanes of at least 4 members (excludes halogenated alkanes) is 1. The van der Waals surface area contributed by atoms with E-state index in [1.807, 2.05) is 0 Å². The molecule has 0 spiro atoms. The van der Waals surface area contributed by atoms with E-state index in [0.29, 0.717) is 0 Å². The second kappa shape index (κ2) is 6.16. The summed E-state index contributed by atoms with van der Waals surface area (Å²) in [7, 11) is -3.04. The average molecular weight is 320 g/mol. The Morgan fingerprint density at radius 2 is 2.08 bits per heavy atom. The van der Waals surface area contributed by atoms with Crippen LogP contribution in [-0.2, 0) is 9.84 Å². The SMILES string of the molecule is CCCC/C(Br)=C/S(=O)(=O)CBr. The molecule has 0 amide bonds. The fourth-order valence-electron chi connectivity index (χ4n) is 0.631. The normalized spacial score (nSPS) is 13.4. The maximum atomic E-state index is 11.0. The lowest BCUT2D eigenvalue weighted by molar-refractivity contribution is 0.609. The third kappa shape index (κ3) is 6.20. The van der Waals surface area contributed by atoms with Crippen LogP contribution >= 0.6 is 31.9 Å². The lowest BCUT2D eigenvalue weighted by Crippen LogP contribution is -1.95. The van der Waals surface area contributed by atoms with E-state index in [1.54, 1.807) is 0 Å². The standard InChI is InChI=1S/C7H12Br2O2S/c1-2-3-4-7(9)5-12(10,11)6-8/h5H,2-4,6H2,1H3/b7-5-. The van der Waals surface area contributed by atoms with Crippen molar-refractivity contribution in [3.05, 3.63) is 9.89 Å². The van der Waals surface area contributed by atoms with E-state index in [0.717, 1.165) is 23.7 Å². The first kappa shape index (κ1) is 12.7. The Morgan fingerprint density at radius 1 is 1.50 bits per heavy atom. The third-order valence-corrected chi connectivity index (χ3v) is 5.02. The first-order chi connectivity index (χ1) is 5.52. The van der Waals surface area contributed by atoms with Crippen LogP contribution in [0.5, 0.6) is 0 Å². The fourth-order valence-corrected chi connectivity index (χ4v) is 2.73. The van der Waals surface area contributed by atoms with E-state index in [1.165, 1.54) is 5.41 Å². The van der Waals surface area contributed by atoms with E-state index in [2.05, 4.69) is 38.8 Å². The molecular formula is C7H12Br2O2S. The van der Waals surface area contributed by atoms with Crippen molar-refractivity contribution >= 4 is 41.7 Å². The predicted molar refractivity (Wildman–Crippen MR) is 59.2 cm³/mol. The van der Waals surface area contributed by atoms with E-state index >= 15 is 0 Å². The highest BCUT2D eigenvalue weighted by Gasteiger charge is 2.04. The molecule has 0 aliphatic heterocycles. The largest absolute Gasteiger partial charge is 0.223 e. The molecule has 0 fully saturated rings. The summed E-state index contributed by atoms with van der Waals surface area (Å²) in [5.74, 6) is 0. The van der Waals surface area contributed by atoms with Gasteiger partial charge in [-0.25, -0.2) is 8.42 Å². The Balaban J connectivity index is 4.16. The van der Waals surface area contributed by atoms with Crippen LogP contribution < -0.4 is 0 Å². The minimum atomic E-state index is -3.04. The summed E-state index contributed by atoms with van der Waals surface area (Å²) in [4.78, 5) is 0. The zero-order chi connectivity index (χ0) is 9.61. The first-order valence-corrected chi connectivity index (χ1v) is 7.29. The summed E-state index contributed by atoms with van der Waals surface area (Å²) in [6.07, 6.45) is 2.87. The van der Waals surface area contributed by atoms with Crippen molar-refractivity contribution in [2.24, 2.45) is 0 Å².